The van der Waals surface area contributed by atoms with Crippen molar-refractivity contribution >= 4 is 17.3 Å². The number of hydrogen-bond acceptors (Lipinski definition) is 4. The normalized spacial score (nSPS) is 18.7. The predicted molar refractivity (Wildman–Crippen MR) is 70.5 cm³/mol. The molecule has 0 unspecified atom stereocenters. The Hall–Kier alpha value is -1.15. The highest BCUT2D eigenvalue weighted by molar-refractivity contribution is 7.13. The van der Waals surface area contributed by atoms with Gasteiger partial charge in [0.05, 0.1) is 0 Å². The van der Waals surface area contributed by atoms with Crippen LogP contribution in [-0.2, 0) is 16.5 Å². The summed E-state index contributed by atoms with van der Waals surface area (Å²) in [5.41, 5.74) is -2.19. The Balaban J connectivity index is 2.49. The van der Waals surface area contributed by atoms with Crippen LogP contribution in [0.1, 0.15) is 59.4 Å². The van der Waals surface area contributed by atoms with E-state index >= 15 is 0 Å². The highest BCUT2D eigenvalue weighted by atomic mass is 32.1. The summed E-state index contributed by atoms with van der Waals surface area (Å²) in [6.45, 7) is 2.12. The summed E-state index contributed by atoms with van der Waals surface area (Å²) in [5.74, 6) is -1.60. The van der Waals surface area contributed by atoms with Crippen LogP contribution < -0.4 is 0 Å². The first kappa shape index (κ1) is 16.2. The Morgan fingerprint density at radius 1 is 1.38 bits per heavy atom. The molecule has 1 aliphatic carbocycles. The maximum Gasteiger partial charge on any atom is 0.435 e. The zero-order chi connectivity index (χ0) is 15.7. The average Bonchev–Trinajstić information content (AvgIpc) is 2.86. The van der Waals surface area contributed by atoms with Gasteiger partial charge in [-0.1, -0.05) is 19.3 Å². The van der Waals surface area contributed by atoms with Crippen LogP contribution in [-0.4, -0.2) is 22.7 Å². The fourth-order valence-electron chi connectivity index (χ4n) is 2.67. The smallest absolute Gasteiger partial charge is 0.435 e. The summed E-state index contributed by atoms with van der Waals surface area (Å²) < 4.78 is 44.5. The van der Waals surface area contributed by atoms with E-state index in [0.717, 1.165) is 19.3 Å². The fourth-order valence-corrected chi connectivity index (χ4v) is 3.80. The molecule has 2 rings (SSSR count). The molecule has 8 heteroatoms. The molecule has 0 saturated heterocycles. The van der Waals surface area contributed by atoms with Crippen LogP contribution in [0, 0.1) is 0 Å². The third kappa shape index (κ3) is 3.21. The summed E-state index contributed by atoms with van der Waals surface area (Å²) >= 11 is 0.584. The topological polar surface area (TPSA) is 59.4 Å². The van der Waals surface area contributed by atoms with Gasteiger partial charge in [-0.2, -0.15) is 13.2 Å². The van der Waals surface area contributed by atoms with Crippen molar-refractivity contribution in [3.8, 4) is 0 Å². The SMILES string of the molecule is CCOC1(c2nc(C(F)(F)F)c(C(=O)O)s2)CCCCC1. The summed E-state index contributed by atoms with van der Waals surface area (Å²) in [4.78, 5) is 13.9. The molecule has 1 aromatic heterocycles. The van der Waals surface area contributed by atoms with Gasteiger partial charge in [-0.3, -0.25) is 0 Å². The number of aromatic nitrogens is 1. The lowest BCUT2D eigenvalue weighted by Gasteiger charge is -2.35. The van der Waals surface area contributed by atoms with Gasteiger partial charge < -0.3 is 9.84 Å². The third-order valence-electron chi connectivity index (χ3n) is 3.56. The van der Waals surface area contributed by atoms with E-state index in [9.17, 15) is 18.0 Å². The molecule has 1 aliphatic rings. The Bertz CT molecular complexity index is 516. The molecule has 0 bridgehead atoms. The van der Waals surface area contributed by atoms with Gasteiger partial charge in [0.1, 0.15) is 15.5 Å². The van der Waals surface area contributed by atoms with Gasteiger partial charge in [0.15, 0.2) is 5.69 Å². The molecule has 0 aromatic carbocycles. The van der Waals surface area contributed by atoms with E-state index in [1.165, 1.54) is 0 Å². The lowest BCUT2D eigenvalue weighted by atomic mass is 9.85. The molecule has 1 aromatic rings. The number of hydrogen-bond donors (Lipinski definition) is 1. The summed E-state index contributed by atoms with van der Waals surface area (Å²) in [6.07, 6.45) is -0.954. The Morgan fingerprint density at radius 3 is 2.43 bits per heavy atom. The van der Waals surface area contributed by atoms with Crippen molar-refractivity contribution in [1.82, 2.24) is 4.98 Å². The second-order valence-electron chi connectivity index (χ2n) is 4.99. The van der Waals surface area contributed by atoms with E-state index < -0.39 is 28.3 Å². The van der Waals surface area contributed by atoms with Crippen LogP contribution in [0.2, 0.25) is 0 Å². The number of carboxylic acids is 1. The number of carboxylic acid groups (broad SMARTS) is 1. The van der Waals surface area contributed by atoms with Crippen LogP contribution >= 0.6 is 11.3 Å². The van der Waals surface area contributed by atoms with Crippen LogP contribution in [0.3, 0.4) is 0 Å². The van der Waals surface area contributed by atoms with E-state index in [1.807, 2.05) is 0 Å². The molecule has 4 nitrogen and oxygen atoms in total. The molecule has 1 fully saturated rings. The monoisotopic (exact) mass is 323 g/mol. The van der Waals surface area contributed by atoms with Crippen LogP contribution in [0.4, 0.5) is 13.2 Å². The van der Waals surface area contributed by atoms with E-state index in [1.54, 1.807) is 6.92 Å². The molecular weight excluding hydrogens is 307 g/mol. The Labute approximate surface area is 124 Å². The number of ether oxygens (including phenoxy) is 1. The number of rotatable bonds is 4. The van der Waals surface area contributed by atoms with E-state index in [0.29, 0.717) is 30.8 Å². The fraction of sp³-hybridized carbons (Fsp3) is 0.692. The van der Waals surface area contributed by atoms with Gasteiger partial charge in [0.25, 0.3) is 0 Å². The quantitative estimate of drug-likeness (QED) is 0.908. The molecule has 1 saturated carbocycles. The summed E-state index contributed by atoms with van der Waals surface area (Å²) in [6, 6.07) is 0. The second kappa shape index (κ2) is 5.92. The van der Waals surface area contributed by atoms with Crippen molar-refractivity contribution in [2.24, 2.45) is 0 Å². The number of nitrogens with zero attached hydrogens (tertiary/aromatic N) is 1. The molecule has 0 radical (unpaired) electrons. The minimum absolute atomic E-state index is 0.133. The molecule has 0 spiro atoms. The number of carbonyl (C=O) groups is 1. The van der Waals surface area contributed by atoms with Crippen molar-refractivity contribution in [1.29, 1.82) is 0 Å². The van der Waals surface area contributed by atoms with Crippen molar-refractivity contribution in [3.63, 3.8) is 0 Å². The van der Waals surface area contributed by atoms with Gasteiger partial charge >= 0.3 is 12.1 Å². The first-order chi connectivity index (χ1) is 9.80. The molecular formula is C13H16F3NO3S. The van der Waals surface area contributed by atoms with Crippen LogP contribution in [0.15, 0.2) is 0 Å². The molecule has 0 aliphatic heterocycles. The first-order valence-corrected chi connectivity index (χ1v) is 7.57. The Morgan fingerprint density at radius 2 is 2.00 bits per heavy atom. The molecule has 1 heterocycles. The molecule has 21 heavy (non-hydrogen) atoms. The lowest BCUT2D eigenvalue weighted by molar-refractivity contribution is -0.141. The van der Waals surface area contributed by atoms with Gasteiger partial charge in [0.2, 0.25) is 0 Å². The van der Waals surface area contributed by atoms with Gasteiger partial charge in [-0.25, -0.2) is 9.78 Å². The van der Waals surface area contributed by atoms with E-state index in [-0.39, 0.29) is 5.01 Å². The van der Waals surface area contributed by atoms with Gasteiger partial charge in [0, 0.05) is 6.61 Å². The molecule has 0 amide bonds. The zero-order valence-electron chi connectivity index (χ0n) is 11.5. The maximum absolute atomic E-state index is 12.9. The summed E-state index contributed by atoms with van der Waals surface area (Å²) in [5, 5.41) is 9.12. The van der Waals surface area contributed by atoms with Gasteiger partial charge in [-0.15, -0.1) is 11.3 Å². The third-order valence-corrected chi connectivity index (χ3v) is 4.79. The maximum atomic E-state index is 12.9. The second-order valence-corrected chi connectivity index (χ2v) is 5.99. The Kier molecular flexibility index (Phi) is 4.57. The van der Waals surface area contributed by atoms with E-state index in [4.69, 9.17) is 9.84 Å². The van der Waals surface area contributed by atoms with Crippen molar-refractivity contribution < 1.29 is 27.8 Å². The van der Waals surface area contributed by atoms with Crippen molar-refractivity contribution in [3.05, 3.63) is 15.6 Å². The number of aromatic carboxylic acids is 1. The first-order valence-electron chi connectivity index (χ1n) is 6.76. The molecule has 1 N–H and O–H groups in total. The van der Waals surface area contributed by atoms with Gasteiger partial charge in [-0.05, 0) is 19.8 Å². The average molecular weight is 323 g/mol. The zero-order valence-corrected chi connectivity index (χ0v) is 12.3. The van der Waals surface area contributed by atoms with Crippen molar-refractivity contribution in [2.75, 3.05) is 6.61 Å². The van der Waals surface area contributed by atoms with E-state index in [2.05, 4.69) is 4.98 Å². The largest absolute Gasteiger partial charge is 0.477 e. The molecule has 118 valence electrons. The predicted octanol–water partition coefficient (Wildman–Crippen LogP) is 4.06. The minimum atomic E-state index is -4.77. The highest BCUT2D eigenvalue weighted by Crippen LogP contribution is 2.45. The standard InChI is InChI=1S/C13H16F3NO3S/c1-2-20-12(6-4-3-5-7-12)11-17-9(13(14,15)16)8(21-11)10(18)19/h2-7H2,1H3,(H,18,19). The number of halogens is 3. The van der Waals surface area contributed by atoms with Crippen molar-refractivity contribution in [2.45, 2.75) is 50.8 Å². The lowest BCUT2D eigenvalue weighted by Crippen LogP contribution is -2.32. The van der Waals surface area contributed by atoms with Crippen LogP contribution in [0.25, 0.3) is 0 Å². The highest BCUT2D eigenvalue weighted by Gasteiger charge is 2.44. The summed E-state index contributed by atoms with van der Waals surface area (Å²) in [7, 11) is 0. The molecule has 0 atom stereocenters. The number of alkyl halides is 3. The number of thiazole rings is 1. The minimum Gasteiger partial charge on any atom is -0.477 e. The van der Waals surface area contributed by atoms with Crippen LogP contribution in [0.5, 0.6) is 0 Å².